The van der Waals surface area contributed by atoms with Crippen LogP contribution in [0.15, 0.2) is 17.3 Å². The number of rotatable bonds is 6. The zero-order valence-electron chi connectivity index (χ0n) is 12.7. The third kappa shape index (κ3) is 3.38. The highest BCUT2D eigenvalue weighted by Gasteiger charge is 2.28. The van der Waals surface area contributed by atoms with Gasteiger partial charge in [-0.05, 0) is 13.8 Å². The van der Waals surface area contributed by atoms with Gasteiger partial charge in [0, 0.05) is 19.8 Å². The molecule has 0 aromatic carbocycles. The Morgan fingerprint density at radius 1 is 1.43 bits per heavy atom. The Hall–Kier alpha value is -1.52. The number of alkyl halides is 2. The predicted octanol–water partition coefficient (Wildman–Crippen LogP) is 2.28. The molecule has 0 unspecified atom stereocenters. The van der Waals surface area contributed by atoms with Crippen molar-refractivity contribution in [1.29, 1.82) is 0 Å². The Kier molecular flexibility index (Phi) is 5.07. The van der Waals surface area contributed by atoms with Crippen LogP contribution in [0.25, 0.3) is 0 Å². The van der Waals surface area contributed by atoms with Gasteiger partial charge < -0.3 is 0 Å². The number of aryl methyl sites for hydroxylation is 1. The van der Waals surface area contributed by atoms with E-state index in [2.05, 4.69) is 10.2 Å². The van der Waals surface area contributed by atoms with Crippen molar-refractivity contribution in [1.82, 2.24) is 23.9 Å². The van der Waals surface area contributed by atoms with Gasteiger partial charge in [-0.2, -0.15) is 23.3 Å². The number of nitrogens with zero attached hydrogens (tertiary/aromatic N) is 5. The number of halogens is 3. The van der Waals surface area contributed by atoms with Crippen molar-refractivity contribution < 1.29 is 17.2 Å². The minimum absolute atomic E-state index is 0.0759. The molecule has 0 fully saturated rings. The molecule has 2 heterocycles. The van der Waals surface area contributed by atoms with Crippen molar-refractivity contribution in [2.24, 2.45) is 0 Å². The Balaban J connectivity index is 2.30. The van der Waals surface area contributed by atoms with Crippen LogP contribution in [-0.2, 0) is 23.1 Å². The van der Waals surface area contributed by atoms with Crippen LogP contribution < -0.4 is 0 Å². The van der Waals surface area contributed by atoms with Gasteiger partial charge in [0.25, 0.3) is 0 Å². The number of hydrogen-bond donors (Lipinski definition) is 0. The van der Waals surface area contributed by atoms with E-state index >= 15 is 0 Å². The first-order valence-corrected chi connectivity index (χ1v) is 8.50. The van der Waals surface area contributed by atoms with Crippen LogP contribution in [0.3, 0.4) is 0 Å². The molecule has 128 valence electrons. The quantitative estimate of drug-likeness (QED) is 0.785. The lowest BCUT2D eigenvalue weighted by Gasteiger charge is -2.16. The molecule has 0 radical (unpaired) electrons. The highest BCUT2D eigenvalue weighted by molar-refractivity contribution is 7.89. The Morgan fingerprint density at radius 2 is 2.09 bits per heavy atom. The first-order valence-electron chi connectivity index (χ1n) is 6.68. The summed E-state index contributed by atoms with van der Waals surface area (Å²) >= 11 is 6.02. The lowest BCUT2D eigenvalue weighted by Crippen LogP contribution is -2.27. The fourth-order valence-corrected chi connectivity index (χ4v) is 3.51. The molecule has 0 aliphatic rings. The van der Waals surface area contributed by atoms with Gasteiger partial charge in [-0.1, -0.05) is 11.6 Å². The van der Waals surface area contributed by atoms with E-state index in [9.17, 15) is 17.2 Å². The van der Waals surface area contributed by atoms with Gasteiger partial charge in [0.2, 0.25) is 10.0 Å². The fourth-order valence-electron chi connectivity index (χ4n) is 2.03. The van der Waals surface area contributed by atoms with Crippen molar-refractivity contribution >= 4 is 21.6 Å². The second kappa shape index (κ2) is 6.54. The molecule has 0 saturated heterocycles. The molecule has 7 nitrogen and oxygen atoms in total. The van der Waals surface area contributed by atoms with E-state index < -0.39 is 16.6 Å². The molecule has 0 aliphatic heterocycles. The summed E-state index contributed by atoms with van der Waals surface area (Å²) in [6.45, 7) is 0.761. The van der Waals surface area contributed by atoms with E-state index in [-0.39, 0.29) is 17.1 Å². The van der Waals surface area contributed by atoms with E-state index in [1.54, 1.807) is 10.9 Å². The Labute approximate surface area is 137 Å². The summed E-state index contributed by atoms with van der Waals surface area (Å²) in [6.07, 6.45) is 2.51. The highest BCUT2D eigenvalue weighted by atomic mass is 35.5. The van der Waals surface area contributed by atoms with Gasteiger partial charge in [0.05, 0.1) is 29.2 Å². The third-order valence-electron chi connectivity index (χ3n) is 3.36. The average Bonchev–Trinajstić information content (AvgIpc) is 3.02. The van der Waals surface area contributed by atoms with E-state index in [0.29, 0.717) is 21.9 Å². The third-order valence-corrected chi connectivity index (χ3v) is 5.58. The van der Waals surface area contributed by atoms with Crippen molar-refractivity contribution in [2.75, 3.05) is 7.05 Å². The second-order valence-electron chi connectivity index (χ2n) is 4.86. The Bertz CT molecular complexity index is 802. The summed E-state index contributed by atoms with van der Waals surface area (Å²) in [6, 6.07) is 0. The first kappa shape index (κ1) is 17.8. The van der Waals surface area contributed by atoms with Crippen LogP contribution in [0, 0.1) is 6.92 Å². The molecule has 2 aromatic rings. The normalized spacial score (nSPS) is 12.5. The van der Waals surface area contributed by atoms with E-state index in [1.165, 1.54) is 14.0 Å². The molecule has 0 saturated carbocycles. The predicted molar refractivity (Wildman–Crippen MR) is 79.8 cm³/mol. The maximum absolute atomic E-state index is 12.7. The molecule has 2 aromatic heterocycles. The molecule has 0 atom stereocenters. The molecule has 2 rings (SSSR count). The average molecular weight is 368 g/mol. The fraction of sp³-hybridized carbons (Fsp3) is 0.500. The van der Waals surface area contributed by atoms with Crippen LogP contribution in [0.2, 0.25) is 5.02 Å². The second-order valence-corrected chi connectivity index (χ2v) is 7.28. The van der Waals surface area contributed by atoms with Crippen LogP contribution in [0.1, 0.15) is 24.9 Å². The zero-order chi connectivity index (χ0) is 17.4. The van der Waals surface area contributed by atoms with Crippen molar-refractivity contribution in [3.8, 4) is 0 Å². The first-order chi connectivity index (χ1) is 10.7. The van der Waals surface area contributed by atoms with Gasteiger partial charge in [-0.3, -0.25) is 4.68 Å². The lowest BCUT2D eigenvalue weighted by molar-refractivity contribution is 0.0541. The minimum atomic E-state index is -3.99. The molecule has 23 heavy (non-hydrogen) atoms. The summed E-state index contributed by atoms with van der Waals surface area (Å²) < 4.78 is 53.5. The van der Waals surface area contributed by atoms with Crippen molar-refractivity contribution in [2.45, 2.75) is 38.4 Å². The summed E-state index contributed by atoms with van der Waals surface area (Å²) in [4.78, 5) is -0.272. The standard InChI is InChI=1S/C12H16ClF2N5O2S/c1-4-19-6-9(13)10(17-19)7-18(3)23(21,22)11-5-16-20(8(11)2)12(14)15/h5-6,12H,4,7H2,1-3H3. The van der Waals surface area contributed by atoms with Gasteiger partial charge in [0.1, 0.15) is 4.90 Å². The summed E-state index contributed by atoms with van der Waals surface area (Å²) in [5, 5.41) is 7.93. The lowest BCUT2D eigenvalue weighted by atomic mass is 10.4. The van der Waals surface area contributed by atoms with Gasteiger partial charge >= 0.3 is 6.55 Å². The van der Waals surface area contributed by atoms with Crippen LogP contribution in [0.4, 0.5) is 8.78 Å². The molecule has 0 bridgehead atoms. The molecule has 0 amide bonds. The molecular weight excluding hydrogens is 352 g/mol. The Morgan fingerprint density at radius 3 is 2.57 bits per heavy atom. The van der Waals surface area contributed by atoms with Crippen molar-refractivity contribution in [3.63, 3.8) is 0 Å². The van der Waals surface area contributed by atoms with E-state index in [1.807, 2.05) is 6.92 Å². The van der Waals surface area contributed by atoms with E-state index in [4.69, 9.17) is 11.6 Å². The highest BCUT2D eigenvalue weighted by Crippen LogP contribution is 2.24. The monoisotopic (exact) mass is 367 g/mol. The smallest absolute Gasteiger partial charge is 0.271 e. The molecule has 0 spiro atoms. The van der Waals surface area contributed by atoms with Crippen LogP contribution >= 0.6 is 11.6 Å². The molecule has 0 aliphatic carbocycles. The largest absolute Gasteiger partial charge is 0.333 e. The molecule has 0 N–H and O–H groups in total. The van der Waals surface area contributed by atoms with Crippen LogP contribution in [-0.4, -0.2) is 39.3 Å². The number of sulfonamides is 1. The molecular formula is C12H16ClF2N5O2S. The molecule has 11 heteroatoms. The van der Waals surface area contributed by atoms with Gasteiger partial charge in [-0.15, -0.1) is 0 Å². The number of aromatic nitrogens is 4. The van der Waals surface area contributed by atoms with E-state index in [0.717, 1.165) is 10.5 Å². The van der Waals surface area contributed by atoms with Crippen LogP contribution in [0.5, 0.6) is 0 Å². The summed E-state index contributed by atoms with van der Waals surface area (Å²) in [5.41, 5.74) is 0.260. The van der Waals surface area contributed by atoms with Crippen molar-refractivity contribution in [3.05, 3.63) is 28.8 Å². The minimum Gasteiger partial charge on any atom is -0.271 e. The van der Waals surface area contributed by atoms with Gasteiger partial charge in [0.15, 0.2) is 0 Å². The summed E-state index contributed by atoms with van der Waals surface area (Å²) in [7, 11) is -2.66. The zero-order valence-corrected chi connectivity index (χ0v) is 14.3. The van der Waals surface area contributed by atoms with Gasteiger partial charge in [-0.25, -0.2) is 13.1 Å². The maximum Gasteiger partial charge on any atom is 0.333 e. The number of hydrogen-bond acceptors (Lipinski definition) is 4. The SMILES string of the molecule is CCn1cc(Cl)c(CN(C)S(=O)(=O)c2cnn(C(F)F)c2C)n1. The maximum atomic E-state index is 12.7. The topological polar surface area (TPSA) is 73.0 Å². The summed E-state index contributed by atoms with van der Waals surface area (Å²) in [5.74, 6) is 0.